The first kappa shape index (κ1) is 20.7. The third-order valence-corrected chi connectivity index (χ3v) is 6.35. The van der Waals surface area contributed by atoms with Crippen LogP contribution in [-0.4, -0.2) is 11.8 Å². The summed E-state index contributed by atoms with van der Waals surface area (Å²) in [5, 5.41) is 3.75. The lowest BCUT2D eigenvalue weighted by molar-refractivity contribution is -0.120. The number of anilines is 2. The molecule has 0 aliphatic carbocycles. The summed E-state index contributed by atoms with van der Waals surface area (Å²) in [7, 11) is 0. The van der Waals surface area contributed by atoms with Crippen LogP contribution >= 0.6 is 39.3 Å². The monoisotopic (exact) mass is 498 g/mol. The van der Waals surface area contributed by atoms with E-state index in [0.29, 0.717) is 21.3 Å². The minimum atomic E-state index is -0.386. The van der Waals surface area contributed by atoms with Crippen LogP contribution in [0, 0.1) is 6.92 Å². The van der Waals surface area contributed by atoms with Gasteiger partial charge in [0.25, 0.3) is 11.8 Å². The molecule has 7 heteroatoms. The second kappa shape index (κ2) is 8.68. The van der Waals surface area contributed by atoms with Gasteiger partial charge in [0.1, 0.15) is 10.6 Å². The Kier molecular flexibility index (Phi) is 5.99. The summed E-state index contributed by atoms with van der Waals surface area (Å²) in [6, 6.07) is 21.9. The molecular formula is C23H16BrClN2O2S. The number of halogens is 2. The molecule has 0 aromatic heterocycles. The van der Waals surface area contributed by atoms with Crippen molar-refractivity contribution in [2.24, 2.45) is 0 Å². The average molecular weight is 500 g/mol. The second-order valence-corrected chi connectivity index (χ2v) is 9.11. The number of hydrogen-bond donors (Lipinski definition) is 1. The lowest BCUT2D eigenvalue weighted by Crippen LogP contribution is -2.32. The number of hydrogen-bond acceptors (Lipinski definition) is 4. The number of rotatable bonds is 5. The number of nitrogens with zero attached hydrogens (tertiary/aromatic N) is 1. The van der Waals surface area contributed by atoms with E-state index in [4.69, 9.17) is 11.6 Å². The molecular weight excluding hydrogens is 484 g/mol. The van der Waals surface area contributed by atoms with Gasteiger partial charge in [-0.25, -0.2) is 4.90 Å². The van der Waals surface area contributed by atoms with E-state index in [1.807, 2.05) is 55.5 Å². The molecule has 4 rings (SSSR count). The zero-order valence-electron chi connectivity index (χ0n) is 15.9. The smallest absolute Gasteiger partial charge is 0.283 e. The summed E-state index contributed by atoms with van der Waals surface area (Å²) in [6.45, 7) is 1.96. The van der Waals surface area contributed by atoms with Crippen molar-refractivity contribution in [3.63, 3.8) is 0 Å². The number of thioether (sulfide) groups is 1. The van der Waals surface area contributed by atoms with Crippen LogP contribution in [0.3, 0.4) is 0 Å². The largest absolute Gasteiger partial charge is 0.350 e. The van der Waals surface area contributed by atoms with Crippen molar-refractivity contribution >= 4 is 62.5 Å². The molecule has 1 aliphatic rings. The number of imide groups is 1. The van der Waals surface area contributed by atoms with Crippen molar-refractivity contribution < 1.29 is 9.59 Å². The summed E-state index contributed by atoms with van der Waals surface area (Å²) < 4.78 is 0.924. The van der Waals surface area contributed by atoms with Crippen molar-refractivity contribution in [1.29, 1.82) is 0 Å². The van der Waals surface area contributed by atoms with E-state index in [2.05, 4.69) is 21.2 Å². The molecule has 0 saturated carbocycles. The summed E-state index contributed by atoms with van der Waals surface area (Å²) >= 11 is 10.6. The van der Waals surface area contributed by atoms with Crippen LogP contribution in [0.25, 0.3) is 0 Å². The van der Waals surface area contributed by atoms with Crippen LogP contribution in [0.4, 0.5) is 11.4 Å². The third kappa shape index (κ3) is 4.31. The Morgan fingerprint density at radius 2 is 1.50 bits per heavy atom. The molecule has 4 nitrogen and oxygen atoms in total. The topological polar surface area (TPSA) is 49.4 Å². The van der Waals surface area contributed by atoms with E-state index in [9.17, 15) is 9.59 Å². The van der Waals surface area contributed by atoms with Gasteiger partial charge in [-0.1, -0.05) is 57.0 Å². The maximum atomic E-state index is 13.3. The van der Waals surface area contributed by atoms with Crippen LogP contribution in [0.1, 0.15) is 5.56 Å². The van der Waals surface area contributed by atoms with Gasteiger partial charge in [-0.05, 0) is 67.6 Å². The second-order valence-electron chi connectivity index (χ2n) is 6.67. The Bertz CT molecular complexity index is 1070. The minimum Gasteiger partial charge on any atom is -0.350 e. The Labute approximate surface area is 192 Å². The SMILES string of the molecule is Cc1ccc(N2C(=O)C(Nc3ccc(Br)cc3)=C(Sc3ccc(Cl)cc3)C2=O)cc1. The van der Waals surface area contributed by atoms with Gasteiger partial charge in [-0.3, -0.25) is 9.59 Å². The molecule has 2 amide bonds. The average Bonchev–Trinajstić information content (AvgIpc) is 2.96. The molecule has 0 saturated heterocycles. The van der Waals surface area contributed by atoms with Crippen molar-refractivity contribution in [2.75, 3.05) is 10.2 Å². The molecule has 1 aliphatic heterocycles. The van der Waals surface area contributed by atoms with E-state index in [1.165, 1.54) is 16.7 Å². The number of carbonyl (C=O) groups excluding carboxylic acids is 2. The number of aryl methyl sites for hydroxylation is 1. The van der Waals surface area contributed by atoms with Crippen LogP contribution in [0.15, 0.2) is 92.8 Å². The van der Waals surface area contributed by atoms with Crippen LogP contribution in [-0.2, 0) is 9.59 Å². The molecule has 1 N–H and O–H groups in total. The number of carbonyl (C=O) groups is 2. The molecule has 0 atom stereocenters. The Morgan fingerprint density at radius 3 is 2.13 bits per heavy atom. The summed E-state index contributed by atoms with van der Waals surface area (Å²) in [6.07, 6.45) is 0. The predicted octanol–water partition coefficient (Wildman–Crippen LogP) is 6.40. The highest BCUT2D eigenvalue weighted by molar-refractivity contribution is 9.10. The molecule has 1 heterocycles. The fraction of sp³-hybridized carbons (Fsp3) is 0.0435. The van der Waals surface area contributed by atoms with Crippen molar-refractivity contribution in [3.05, 3.63) is 98.5 Å². The normalized spacial score (nSPS) is 13.9. The fourth-order valence-electron chi connectivity index (χ4n) is 2.94. The first-order valence-electron chi connectivity index (χ1n) is 9.08. The van der Waals surface area contributed by atoms with E-state index in [-0.39, 0.29) is 17.5 Å². The Morgan fingerprint density at radius 1 is 0.867 bits per heavy atom. The Hall–Kier alpha value is -2.54. The minimum absolute atomic E-state index is 0.253. The molecule has 3 aromatic rings. The van der Waals surface area contributed by atoms with E-state index < -0.39 is 0 Å². The molecule has 0 radical (unpaired) electrons. The van der Waals surface area contributed by atoms with Gasteiger partial charge in [0.05, 0.1) is 5.69 Å². The highest BCUT2D eigenvalue weighted by atomic mass is 79.9. The first-order chi connectivity index (χ1) is 14.4. The highest BCUT2D eigenvalue weighted by Gasteiger charge is 2.40. The molecule has 0 fully saturated rings. The standard InChI is InChI=1S/C23H16BrClN2O2S/c1-14-2-10-18(11-3-14)27-22(28)20(26-17-8-4-15(24)5-9-17)21(23(27)29)30-19-12-6-16(25)7-13-19/h2-13,26H,1H3. The molecule has 150 valence electrons. The summed E-state index contributed by atoms with van der Waals surface area (Å²) in [4.78, 5) is 28.9. The first-order valence-corrected chi connectivity index (χ1v) is 11.1. The maximum Gasteiger partial charge on any atom is 0.283 e. The molecule has 0 bridgehead atoms. The number of amides is 2. The van der Waals surface area contributed by atoms with E-state index in [0.717, 1.165) is 14.9 Å². The van der Waals surface area contributed by atoms with E-state index in [1.54, 1.807) is 24.3 Å². The van der Waals surface area contributed by atoms with Crippen molar-refractivity contribution in [3.8, 4) is 0 Å². The third-order valence-electron chi connectivity index (χ3n) is 4.48. The lowest BCUT2D eigenvalue weighted by Gasteiger charge is -2.15. The predicted molar refractivity (Wildman–Crippen MR) is 126 cm³/mol. The lowest BCUT2D eigenvalue weighted by atomic mass is 10.2. The van der Waals surface area contributed by atoms with Crippen LogP contribution < -0.4 is 10.2 Å². The number of nitrogens with one attached hydrogen (secondary N) is 1. The van der Waals surface area contributed by atoms with Crippen molar-refractivity contribution in [1.82, 2.24) is 0 Å². The van der Waals surface area contributed by atoms with Gasteiger partial charge < -0.3 is 5.32 Å². The highest BCUT2D eigenvalue weighted by Crippen LogP contribution is 2.38. The zero-order valence-corrected chi connectivity index (χ0v) is 19.0. The van der Waals surface area contributed by atoms with Gasteiger partial charge in [-0.2, -0.15) is 0 Å². The summed E-state index contributed by atoms with van der Waals surface area (Å²) in [5.41, 5.74) is 2.56. The summed E-state index contributed by atoms with van der Waals surface area (Å²) in [5.74, 6) is -0.744. The molecule has 3 aromatic carbocycles. The molecule has 30 heavy (non-hydrogen) atoms. The van der Waals surface area contributed by atoms with Gasteiger partial charge in [0.15, 0.2) is 0 Å². The quantitative estimate of drug-likeness (QED) is 0.413. The van der Waals surface area contributed by atoms with Gasteiger partial charge >= 0.3 is 0 Å². The van der Waals surface area contributed by atoms with Crippen molar-refractivity contribution in [2.45, 2.75) is 11.8 Å². The zero-order chi connectivity index (χ0) is 21.3. The van der Waals surface area contributed by atoms with Gasteiger partial charge in [-0.15, -0.1) is 0 Å². The maximum absolute atomic E-state index is 13.3. The molecule has 0 spiro atoms. The van der Waals surface area contributed by atoms with Crippen LogP contribution in [0.2, 0.25) is 5.02 Å². The van der Waals surface area contributed by atoms with Gasteiger partial charge in [0.2, 0.25) is 0 Å². The Balaban J connectivity index is 1.73. The fourth-order valence-corrected chi connectivity index (χ4v) is 4.26. The number of benzene rings is 3. The molecule has 0 unspecified atom stereocenters. The van der Waals surface area contributed by atoms with Gasteiger partial charge in [0, 0.05) is 20.1 Å². The van der Waals surface area contributed by atoms with E-state index >= 15 is 0 Å². The van der Waals surface area contributed by atoms with Crippen LogP contribution in [0.5, 0.6) is 0 Å².